The van der Waals surface area contributed by atoms with Crippen LogP contribution in [-0.4, -0.2) is 11.1 Å². The summed E-state index contributed by atoms with van der Waals surface area (Å²) in [5.74, 6) is -0.296. The van der Waals surface area contributed by atoms with E-state index in [0.29, 0.717) is 18.4 Å². The van der Waals surface area contributed by atoms with Gasteiger partial charge in [0.2, 0.25) is 0 Å². The smallest absolute Gasteiger partial charge is 0.123 e. The normalized spacial score (nSPS) is 31.5. The van der Waals surface area contributed by atoms with Crippen molar-refractivity contribution in [3.63, 3.8) is 0 Å². The predicted molar refractivity (Wildman–Crippen MR) is 56.7 cm³/mol. The SMILES string of the molecule is NC1CCC(O)(c2cccc(F)c2)CC1. The minimum absolute atomic E-state index is 0.179. The van der Waals surface area contributed by atoms with Crippen LogP contribution in [0.2, 0.25) is 0 Å². The number of halogens is 1. The number of hydrogen-bond donors (Lipinski definition) is 2. The Hall–Kier alpha value is -0.930. The second-order valence-electron chi connectivity index (χ2n) is 4.38. The molecule has 1 aliphatic carbocycles. The number of hydrogen-bond acceptors (Lipinski definition) is 2. The molecule has 1 aliphatic rings. The van der Waals surface area contributed by atoms with Crippen LogP contribution in [0.5, 0.6) is 0 Å². The number of aliphatic hydroxyl groups is 1. The van der Waals surface area contributed by atoms with Crippen molar-refractivity contribution in [1.82, 2.24) is 0 Å². The summed E-state index contributed by atoms with van der Waals surface area (Å²) in [6.45, 7) is 0. The molecule has 1 fully saturated rings. The van der Waals surface area contributed by atoms with E-state index in [1.165, 1.54) is 12.1 Å². The van der Waals surface area contributed by atoms with Crippen molar-refractivity contribution in [3.05, 3.63) is 35.6 Å². The molecule has 0 aromatic heterocycles. The zero-order valence-electron chi connectivity index (χ0n) is 8.62. The largest absolute Gasteiger partial charge is 0.385 e. The van der Waals surface area contributed by atoms with Crippen LogP contribution < -0.4 is 5.73 Å². The summed E-state index contributed by atoms with van der Waals surface area (Å²) in [7, 11) is 0. The van der Waals surface area contributed by atoms with Crippen LogP contribution in [0, 0.1) is 5.82 Å². The molecule has 0 aliphatic heterocycles. The van der Waals surface area contributed by atoms with Crippen molar-refractivity contribution in [2.24, 2.45) is 5.73 Å². The third-order valence-electron chi connectivity index (χ3n) is 3.22. The van der Waals surface area contributed by atoms with Crippen molar-refractivity contribution < 1.29 is 9.50 Å². The monoisotopic (exact) mass is 209 g/mol. The van der Waals surface area contributed by atoms with E-state index in [9.17, 15) is 9.50 Å². The standard InChI is InChI=1S/C12H16FNO/c13-10-3-1-2-9(8-10)12(15)6-4-11(14)5-7-12/h1-3,8,11,15H,4-7,14H2. The van der Waals surface area contributed by atoms with Crippen molar-refractivity contribution in [3.8, 4) is 0 Å². The van der Waals surface area contributed by atoms with E-state index in [-0.39, 0.29) is 11.9 Å². The fourth-order valence-corrected chi connectivity index (χ4v) is 2.18. The van der Waals surface area contributed by atoms with Crippen molar-refractivity contribution >= 4 is 0 Å². The molecular weight excluding hydrogens is 193 g/mol. The first-order valence-electron chi connectivity index (χ1n) is 5.34. The lowest BCUT2D eigenvalue weighted by Gasteiger charge is -2.35. The minimum Gasteiger partial charge on any atom is -0.385 e. The summed E-state index contributed by atoms with van der Waals surface area (Å²) in [4.78, 5) is 0. The summed E-state index contributed by atoms with van der Waals surface area (Å²) >= 11 is 0. The average Bonchev–Trinajstić information content (AvgIpc) is 2.23. The van der Waals surface area contributed by atoms with Crippen LogP contribution in [0.1, 0.15) is 31.2 Å². The van der Waals surface area contributed by atoms with Gasteiger partial charge in [-0.25, -0.2) is 4.39 Å². The molecule has 0 bridgehead atoms. The van der Waals surface area contributed by atoms with E-state index in [1.807, 2.05) is 0 Å². The van der Waals surface area contributed by atoms with Crippen molar-refractivity contribution in [1.29, 1.82) is 0 Å². The quantitative estimate of drug-likeness (QED) is 0.742. The highest BCUT2D eigenvalue weighted by Crippen LogP contribution is 2.36. The fourth-order valence-electron chi connectivity index (χ4n) is 2.18. The maximum Gasteiger partial charge on any atom is 0.123 e. The molecule has 82 valence electrons. The molecular formula is C12H16FNO. The highest BCUT2D eigenvalue weighted by molar-refractivity contribution is 5.23. The zero-order chi connectivity index (χ0) is 10.9. The molecule has 0 unspecified atom stereocenters. The van der Waals surface area contributed by atoms with E-state index in [2.05, 4.69) is 0 Å². The molecule has 0 spiro atoms. The lowest BCUT2D eigenvalue weighted by atomic mass is 9.78. The number of nitrogens with two attached hydrogens (primary N) is 1. The second-order valence-corrected chi connectivity index (χ2v) is 4.38. The molecule has 2 nitrogen and oxygen atoms in total. The van der Waals surface area contributed by atoms with Gasteiger partial charge in [-0.15, -0.1) is 0 Å². The maximum atomic E-state index is 13.0. The fraction of sp³-hybridized carbons (Fsp3) is 0.500. The van der Waals surface area contributed by atoms with Gasteiger partial charge in [0.05, 0.1) is 5.60 Å². The highest BCUT2D eigenvalue weighted by atomic mass is 19.1. The Balaban J connectivity index is 2.22. The van der Waals surface area contributed by atoms with Gasteiger partial charge in [0, 0.05) is 6.04 Å². The number of benzene rings is 1. The minimum atomic E-state index is -0.877. The maximum absolute atomic E-state index is 13.0. The summed E-state index contributed by atoms with van der Waals surface area (Å²) in [5, 5.41) is 10.4. The van der Waals surface area contributed by atoms with E-state index in [0.717, 1.165) is 12.8 Å². The van der Waals surface area contributed by atoms with Gasteiger partial charge in [0.25, 0.3) is 0 Å². The van der Waals surface area contributed by atoms with Gasteiger partial charge < -0.3 is 10.8 Å². The lowest BCUT2D eigenvalue weighted by molar-refractivity contribution is -0.00520. The molecule has 0 amide bonds. The molecule has 3 heteroatoms. The molecule has 1 aromatic rings. The predicted octanol–water partition coefficient (Wildman–Crippen LogP) is 1.91. The molecule has 0 heterocycles. The van der Waals surface area contributed by atoms with Gasteiger partial charge in [0.1, 0.15) is 5.82 Å². The molecule has 2 rings (SSSR count). The van der Waals surface area contributed by atoms with E-state index < -0.39 is 5.60 Å². The zero-order valence-corrected chi connectivity index (χ0v) is 8.62. The summed E-state index contributed by atoms with van der Waals surface area (Å²) in [5.41, 5.74) is 5.58. The first-order chi connectivity index (χ1) is 7.10. The van der Waals surface area contributed by atoms with Crippen LogP contribution in [0.15, 0.2) is 24.3 Å². The Morgan fingerprint density at radius 1 is 1.33 bits per heavy atom. The van der Waals surface area contributed by atoms with E-state index in [1.54, 1.807) is 12.1 Å². The average molecular weight is 209 g/mol. The Kier molecular flexibility index (Phi) is 2.76. The topological polar surface area (TPSA) is 46.2 Å². The molecule has 1 saturated carbocycles. The number of rotatable bonds is 1. The van der Waals surface area contributed by atoms with Crippen LogP contribution in [0.25, 0.3) is 0 Å². The van der Waals surface area contributed by atoms with Crippen LogP contribution >= 0.6 is 0 Å². The first-order valence-corrected chi connectivity index (χ1v) is 5.34. The Labute approximate surface area is 88.9 Å². The van der Waals surface area contributed by atoms with Gasteiger partial charge in [0.15, 0.2) is 0 Å². The molecule has 1 aromatic carbocycles. The molecule has 0 atom stereocenters. The Morgan fingerprint density at radius 2 is 2.00 bits per heavy atom. The lowest BCUT2D eigenvalue weighted by Crippen LogP contribution is -2.36. The third kappa shape index (κ3) is 2.19. The first kappa shape index (κ1) is 10.6. The second kappa shape index (κ2) is 3.91. The molecule has 0 saturated heterocycles. The Morgan fingerprint density at radius 3 is 2.60 bits per heavy atom. The van der Waals surface area contributed by atoms with Crippen molar-refractivity contribution in [2.75, 3.05) is 0 Å². The van der Waals surface area contributed by atoms with Gasteiger partial charge in [-0.1, -0.05) is 12.1 Å². The van der Waals surface area contributed by atoms with Crippen LogP contribution in [-0.2, 0) is 5.60 Å². The van der Waals surface area contributed by atoms with Crippen molar-refractivity contribution in [2.45, 2.75) is 37.3 Å². The van der Waals surface area contributed by atoms with E-state index >= 15 is 0 Å². The summed E-state index contributed by atoms with van der Waals surface area (Å²) in [6, 6.07) is 6.40. The summed E-state index contributed by atoms with van der Waals surface area (Å²) in [6.07, 6.45) is 2.84. The molecule has 0 radical (unpaired) electrons. The highest BCUT2D eigenvalue weighted by Gasteiger charge is 2.33. The van der Waals surface area contributed by atoms with Gasteiger partial charge in [-0.3, -0.25) is 0 Å². The molecule has 3 N–H and O–H groups in total. The summed E-state index contributed by atoms with van der Waals surface area (Å²) < 4.78 is 13.0. The van der Waals surface area contributed by atoms with Crippen LogP contribution in [0.4, 0.5) is 4.39 Å². The van der Waals surface area contributed by atoms with Gasteiger partial charge in [-0.05, 0) is 43.4 Å². The van der Waals surface area contributed by atoms with Gasteiger partial charge >= 0.3 is 0 Å². The molecule has 15 heavy (non-hydrogen) atoms. The van der Waals surface area contributed by atoms with Gasteiger partial charge in [-0.2, -0.15) is 0 Å². The third-order valence-corrected chi connectivity index (χ3v) is 3.22. The Bertz CT molecular complexity index is 345. The van der Waals surface area contributed by atoms with Crippen LogP contribution in [0.3, 0.4) is 0 Å². The van der Waals surface area contributed by atoms with E-state index in [4.69, 9.17) is 5.73 Å².